The summed E-state index contributed by atoms with van der Waals surface area (Å²) in [4.78, 5) is 0. The lowest BCUT2D eigenvalue weighted by atomic mass is 9.87. The number of benzene rings is 4. The molecule has 4 N–H and O–H groups in total. The van der Waals surface area contributed by atoms with Crippen LogP contribution in [-0.2, 0) is 13.1 Å². The van der Waals surface area contributed by atoms with Crippen molar-refractivity contribution >= 4 is 0 Å². The standard InChI is InChI=1S/C30H30F2N2O2/c1-17-21(19-11-27(31)25(15-33)29(13-19)35-3)7-5-9-23(17)24-10-6-8-22(18(24)2)20-12-28(32)26(16-34)30(14-20)36-4/h5-14H,15-16,33-34H2,1-4H3. The van der Waals surface area contributed by atoms with Crippen molar-refractivity contribution in [1.82, 2.24) is 0 Å². The zero-order valence-corrected chi connectivity index (χ0v) is 20.9. The molecule has 0 aliphatic rings. The summed E-state index contributed by atoms with van der Waals surface area (Å²) in [6.45, 7) is 4.13. The fourth-order valence-electron chi connectivity index (χ4n) is 4.77. The molecule has 0 saturated carbocycles. The van der Waals surface area contributed by atoms with E-state index < -0.39 is 11.6 Å². The quantitative estimate of drug-likeness (QED) is 0.311. The lowest BCUT2D eigenvalue weighted by molar-refractivity contribution is 0.405. The topological polar surface area (TPSA) is 70.5 Å². The summed E-state index contributed by atoms with van der Waals surface area (Å²) >= 11 is 0. The highest BCUT2D eigenvalue weighted by Crippen LogP contribution is 2.39. The van der Waals surface area contributed by atoms with Gasteiger partial charge in [0.1, 0.15) is 23.1 Å². The predicted molar refractivity (Wildman–Crippen MR) is 141 cm³/mol. The second-order valence-corrected chi connectivity index (χ2v) is 8.64. The van der Waals surface area contributed by atoms with Crippen LogP contribution in [-0.4, -0.2) is 14.2 Å². The molecule has 4 rings (SSSR count). The largest absolute Gasteiger partial charge is 0.496 e. The highest BCUT2D eigenvalue weighted by Gasteiger charge is 2.17. The molecule has 4 nitrogen and oxygen atoms in total. The van der Waals surface area contributed by atoms with Gasteiger partial charge in [-0.2, -0.15) is 0 Å². The minimum atomic E-state index is -0.397. The van der Waals surface area contributed by atoms with Gasteiger partial charge < -0.3 is 20.9 Å². The van der Waals surface area contributed by atoms with Crippen LogP contribution in [0.2, 0.25) is 0 Å². The predicted octanol–water partition coefficient (Wildman–Crippen LogP) is 6.52. The highest BCUT2D eigenvalue weighted by molar-refractivity contribution is 5.84. The number of hydrogen-bond acceptors (Lipinski definition) is 4. The van der Waals surface area contributed by atoms with Gasteiger partial charge in [0, 0.05) is 24.2 Å². The SMILES string of the molecule is COc1cc(-c2cccc(-c3cccc(-c4cc(F)c(CN)c(OC)c4)c3C)c2C)cc(F)c1CN. The summed E-state index contributed by atoms with van der Waals surface area (Å²) in [5, 5.41) is 0. The van der Waals surface area contributed by atoms with E-state index in [1.165, 1.54) is 26.4 Å². The summed E-state index contributed by atoms with van der Waals surface area (Å²) in [5.41, 5.74) is 19.3. The van der Waals surface area contributed by atoms with Crippen LogP contribution in [0.3, 0.4) is 0 Å². The van der Waals surface area contributed by atoms with E-state index >= 15 is 0 Å². The van der Waals surface area contributed by atoms with Gasteiger partial charge in [0.25, 0.3) is 0 Å². The number of nitrogens with two attached hydrogens (primary N) is 2. The minimum Gasteiger partial charge on any atom is -0.496 e. The summed E-state index contributed by atoms with van der Waals surface area (Å²) in [6.07, 6.45) is 0. The van der Waals surface area contributed by atoms with E-state index in [2.05, 4.69) is 0 Å². The van der Waals surface area contributed by atoms with Gasteiger partial charge in [-0.3, -0.25) is 0 Å². The van der Waals surface area contributed by atoms with Crippen molar-refractivity contribution in [3.63, 3.8) is 0 Å². The molecule has 0 fully saturated rings. The summed E-state index contributed by atoms with van der Waals surface area (Å²) in [6, 6.07) is 18.5. The molecule has 6 heteroatoms. The van der Waals surface area contributed by atoms with Gasteiger partial charge >= 0.3 is 0 Å². The van der Waals surface area contributed by atoms with Crippen LogP contribution in [0, 0.1) is 25.5 Å². The lowest BCUT2D eigenvalue weighted by Crippen LogP contribution is -2.04. The van der Waals surface area contributed by atoms with E-state index in [0.717, 1.165) is 33.4 Å². The molecule has 0 aliphatic heterocycles. The average Bonchev–Trinajstić information content (AvgIpc) is 2.88. The van der Waals surface area contributed by atoms with Crippen LogP contribution in [0.25, 0.3) is 33.4 Å². The Balaban J connectivity index is 1.86. The first-order chi connectivity index (χ1) is 17.3. The van der Waals surface area contributed by atoms with Gasteiger partial charge in [-0.25, -0.2) is 8.78 Å². The molecule has 186 valence electrons. The first-order valence-corrected chi connectivity index (χ1v) is 11.7. The first kappa shape index (κ1) is 25.4. The zero-order chi connectivity index (χ0) is 26.0. The molecule has 0 saturated heterocycles. The maximum absolute atomic E-state index is 14.8. The van der Waals surface area contributed by atoms with Crippen LogP contribution >= 0.6 is 0 Å². The summed E-state index contributed by atoms with van der Waals surface area (Å²) < 4.78 is 40.4. The van der Waals surface area contributed by atoms with Crippen molar-refractivity contribution < 1.29 is 18.3 Å². The third-order valence-corrected chi connectivity index (χ3v) is 6.74. The number of halogens is 2. The Morgan fingerprint density at radius 2 is 0.972 bits per heavy atom. The Morgan fingerprint density at radius 1 is 0.611 bits per heavy atom. The van der Waals surface area contributed by atoms with E-state index in [1.54, 1.807) is 0 Å². The fraction of sp³-hybridized carbons (Fsp3) is 0.200. The fourth-order valence-corrected chi connectivity index (χ4v) is 4.77. The summed E-state index contributed by atoms with van der Waals surface area (Å²) in [5.74, 6) is 0.0539. The van der Waals surface area contributed by atoms with E-state index in [4.69, 9.17) is 20.9 Å². The molecule has 0 atom stereocenters. The van der Waals surface area contributed by atoms with Gasteiger partial charge in [-0.1, -0.05) is 36.4 Å². The van der Waals surface area contributed by atoms with E-state index in [9.17, 15) is 8.78 Å². The molecular weight excluding hydrogens is 458 g/mol. The molecule has 0 radical (unpaired) electrons. The van der Waals surface area contributed by atoms with Crippen LogP contribution in [0.4, 0.5) is 8.78 Å². The molecule has 4 aromatic carbocycles. The van der Waals surface area contributed by atoms with Gasteiger partial charge in [0.05, 0.1) is 14.2 Å². The molecule has 0 amide bonds. The molecule has 0 unspecified atom stereocenters. The van der Waals surface area contributed by atoms with Crippen molar-refractivity contribution in [2.45, 2.75) is 26.9 Å². The molecule has 0 heterocycles. The van der Waals surface area contributed by atoms with Crippen molar-refractivity contribution in [3.05, 3.63) is 94.6 Å². The second-order valence-electron chi connectivity index (χ2n) is 8.64. The number of rotatable bonds is 7. The van der Waals surface area contributed by atoms with Crippen molar-refractivity contribution in [2.75, 3.05) is 14.2 Å². The van der Waals surface area contributed by atoms with E-state index in [0.29, 0.717) is 33.8 Å². The zero-order valence-electron chi connectivity index (χ0n) is 20.9. The van der Waals surface area contributed by atoms with Gasteiger partial charge in [-0.05, 0) is 82.6 Å². The molecule has 0 aliphatic carbocycles. The van der Waals surface area contributed by atoms with E-state index in [1.807, 2.05) is 62.4 Å². The maximum atomic E-state index is 14.8. The van der Waals surface area contributed by atoms with Crippen molar-refractivity contribution in [1.29, 1.82) is 0 Å². The van der Waals surface area contributed by atoms with Gasteiger partial charge in [0.15, 0.2) is 0 Å². The Morgan fingerprint density at radius 3 is 1.31 bits per heavy atom. The average molecular weight is 489 g/mol. The van der Waals surface area contributed by atoms with Crippen LogP contribution < -0.4 is 20.9 Å². The van der Waals surface area contributed by atoms with Crippen molar-refractivity contribution in [3.8, 4) is 44.9 Å². The second kappa shape index (κ2) is 10.5. The molecule has 36 heavy (non-hydrogen) atoms. The van der Waals surface area contributed by atoms with Crippen LogP contribution in [0.1, 0.15) is 22.3 Å². The van der Waals surface area contributed by atoms with E-state index in [-0.39, 0.29) is 13.1 Å². The van der Waals surface area contributed by atoms with Gasteiger partial charge in [-0.15, -0.1) is 0 Å². The Hall–Kier alpha value is -3.74. The Labute approximate surface area is 210 Å². The maximum Gasteiger partial charge on any atom is 0.132 e. The molecular formula is C30H30F2N2O2. The molecule has 4 aromatic rings. The Bertz CT molecular complexity index is 1320. The number of ether oxygens (including phenoxy) is 2. The van der Waals surface area contributed by atoms with Crippen molar-refractivity contribution in [2.24, 2.45) is 11.5 Å². The summed E-state index contributed by atoms with van der Waals surface area (Å²) in [7, 11) is 3.02. The monoisotopic (exact) mass is 488 g/mol. The Kier molecular flexibility index (Phi) is 7.38. The molecule has 0 bridgehead atoms. The van der Waals surface area contributed by atoms with Gasteiger partial charge in [0.2, 0.25) is 0 Å². The van der Waals surface area contributed by atoms with Crippen LogP contribution in [0.5, 0.6) is 11.5 Å². The lowest BCUT2D eigenvalue weighted by Gasteiger charge is -2.18. The number of hydrogen-bond donors (Lipinski definition) is 2. The highest BCUT2D eigenvalue weighted by atomic mass is 19.1. The smallest absolute Gasteiger partial charge is 0.132 e. The molecule has 0 aromatic heterocycles. The normalized spacial score (nSPS) is 11.0. The minimum absolute atomic E-state index is 0.0535. The third kappa shape index (κ3) is 4.45. The third-order valence-electron chi connectivity index (χ3n) is 6.74. The molecule has 0 spiro atoms. The number of methoxy groups -OCH3 is 2. The first-order valence-electron chi connectivity index (χ1n) is 11.7. The van der Waals surface area contributed by atoms with Crippen LogP contribution in [0.15, 0.2) is 60.7 Å².